The number of rotatable bonds is 6. The lowest BCUT2D eigenvalue weighted by molar-refractivity contribution is -0.137. The lowest BCUT2D eigenvalue weighted by atomic mass is 10.0. The van der Waals surface area contributed by atoms with Crippen molar-refractivity contribution in [1.29, 1.82) is 5.26 Å². The number of nitrogens with one attached hydrogen (secondary N) is 1. The number of nitrogens with zero attached hydrogens (tertiary/aromatic N) is 4. The first-order valence-electron chi connectivity index (χ1n) is 11.7. The fraction of sp³-hybridized carbons (Fsp3) is 0.214. The number of pyridine rings is 1. The van der Waals surface area contributed by atoms with E-state index in [-0.39, 0.29) is 29.5 Å². The molecule has 0 radical (unpaired) electrons. The highest BCUT2D eigenvalue weighted by Gasteiger charge is 2.28. The molecule has 2 atom stereocenters. The molecular weight excluding hydrogens is 454 g/mol. The summed E-state index contributed by atoms with van der Waals surface area (Å²) in [6.45, 7) is 6.03. The normalized spacial score (nSPS) is 13.1. The predicted octanol–water partition coefficient (Wildman–Crippen LogP) is 4.84. The zero-order valence-electron chi connectivity index (χ0n) is 20.2. The minimum Gasteiger partial charge on any atom is -0.481 e. The Morgan fingerprint density at radius 3 is 2.58 bits per heavy atom. The SMILES string of the molecule is Cc1cc(C)c2c(C(C)n3c(=O)n(C(CC(=O)O)c4ccccc4)c4nc(C#N)ccc43)c[nH]c2c1. The van der Waals surface area contributed by atoms with Crippen molar-refractivity contribution in [3.8, 4) is 6.07 Å². The zero-order chi connectivity index (χ0) is 25.6. The highest BCUT2D eigenvalue weighted by Crippen LogP contribution is 2.33. The van der Waals surface area contributed by atoms with Gasteiger partial charge in [-0.15, -0.1) is 0 Å². The smallest absolute Gasteiger partial charge is 0.331 e. The minimum absolute atomic E-state index is 0.154. The van der Waals surface area contributed by atoms with Gasteiger partial charge in [0, 0.05) is 22.7 Å². The molecular formula is C28H25N5O3. The van der Waals surface area contributed by atoms with Gasteiger partial charge in [0.05, 0.1) is 24.0 Å². The average molecular weight is 480 g/mol. The second-order valence-electron chi connectivity index (χ2n) is 9.12. The highest BCUT2D eigenvalue weighted by atomic mass is 16.4. The summed E-state index contributed by atoms with van der Waals surface area (Å²) in [4.78, 5) is 33.8. The monoisotopic (exact) mass is 479 g/mol. The molecule has 8 heteroatoms. The fourth-order valence-corrected chi connectivity index (χ4v) is 5.19. The maximum absolute atomic E-state index is 14.1. The van der Waals surface area contributed by atoms with Crippen molar-refractivity contribution in [3.63, 3.8) is 0 Å². The summed E-state index contributed by atoms with van der Waals surface area (Å²) in [5.74, 6) is -1.04. The molecule has 3 heterocycles. The first-order chi connectivity index (χ1) is 17.3. The third kappa shape index (κ3) is 3.75. The second kappa shape index (κ2) is 8.86. The van der Waals surface area contributed by atoms with Crippen molar-refractivity contribution >= 4 is 28.0 Å². The van der Waals surface area contributed by atoms with Crippen LogP contribution in [0.2, 0.25) is 0 Å². The quantitative estimate of drug-likeness (QED) is 0.361. The minimum atomic E-state index is -1.04. The molecule has 2 N–H and O–H groups in total. The van der Waals surface area contributed by atoms with Crippen molar-refractivity contribution in [2.24, 2.45) is 0 Å². The second-order valence-corrected chi connectivity index (χ2v) is 9.12. The number of carbonyl (C=O) groups is 1. The Balaban J connectivity index is 1.80. The van der Waals surface area contributed by atoms with E-state index in [9.17, 15) is 20.0 Å². The largest absolute Gasteiger partial charge is 0.481 e. The molecule has 36 heavy (non-hydrogen) atoms. The Morgan fingerprint density at radius 2 is 1.89 bits per heavy atom. The van der Waals surface area contributed by atoms with Crippen LogP contribution < -0.4 is 5.69 Å². The summed E-state index contributed by atoms with van der Waals surface area (Å²) in [6, 6.07) is 17.4. The molecule has 0 bridgehead atoms. The van der Waals surface area contributed by atoms with E-state index in [1.54, 1.807) is 28.8 Å². The van der Waals surface area contributed by atoms with Gasteiger partial charge in [0.1, 0.15) is 11.8 Å². The third-order valence-electron chi connectivity index (χ3n) is 6.72. The Morgan fingerprint density at radius 1 is 1.14 bits per heavy atom. The van der Waals surface area contributed by atoms with Gasteiger partial charge in [-0.2, -0.15) is 5.26 Å². The Hall–Kier alpha value is -4.64. The van der Waals surface area contributed by atoms with Gasteiger partial charge < -0.3 is 10.1 Å². The van der Waals surface area contributed by atoms with Crippen LogP contribution in [0.25, 0.3) is 22.1 Å². The number of benzene rings is 2. The van der Waals surface area contributed by atoms with Crippen LogP contribution in [0.15, 0.2) is 65.6 Å². The summed E-state index contributed by atoms with van der Waals surface area (Å²) in [6.07, 6.45) is 1.61. The van der Waals surface area contributed by atoms with E-state index in [1.807, 2.05) is 51.2 Å². The van der Waals surface area contributed by atoms with E-state index in [0.29, 0.717) is 11.1 Å². The van der Waals surface area contributed by atoms with E-state index in [0.717, 1.165) is 27.6 Å². The van der Waals surface area contributed by atoms with Crippen LogP contribution in [0.3, 0.4) is 0 Å². The van der Waals surface area contributed by atoms with E-state index < -0.39 is 12.0 Å². The third-order valence-corrected chi connectivity index (χ3v) is 6.72. The average Bonchev–Trinajstić information content (AvgIpc) is 3.40. The molecule has 2 unspecified atom stereocenters. The van der Waals surface area contributed by atoms with Crippen molar-refractivity contribution in [3.05, 3.63) is 99.2 Å². The lowest BCUT2D eigenvalue weighted by Crippen LogP contribution is -2.31. The predicted molar refractivity (Wildman–Crippen MR) is 137 cm³/mol. The number of hydrogen-bond donors (Lipinski definition) is 2. The Labute approximate surface area is 207 Å². The van der Waals surface area contributed by atoms with Crippen LogP contribution in [0, 0.1) is 25.2 Å². The number of carboxylic acids is 1. The molecule has 180 valence electrons. The maximum Gasteiger partial charge on any atom is 0.331 e. The molecule has 0 saturated heterocycles. The number of imidazole rings is 1. The van der Waals surface area contributed by atoms with Crippen molar-refractivity contribution in [2.75, 3.05) is 0 Å². The molecule has 5 aromatic rings. The lowest BCUT2D eigenvalue weighted by Gasteiger charge is -2.17. The number of H-pyrrole nitrogens is 1. The maximum atomic E-state index is 14.1. The van der Waals surface area contributed by atoms with Gasteiger partial charge in [-0.25, -0.2) is 9.78 Å². The van der Waals surface area contributed by atoms with Crippen LogP contribution in [-0.2, 0) is 4.79 Å². The van der Waals surface area contributed by atoms with Crippen LogP contribution in [0.4, 0.5) is 0 Å². The van der Waals surface area contributed by atoms with Gasteiger partial charge in [-0.05, 0) is 55.7 Å². The summed E-state index contributed by atoms with van der Waals surface area (Å²) in [5, 5.41) is 20.2. The molecule has 0 aliphatic rings. The molecule has 2 aromatic carbocycles. The number of aryl methyl sites for hydroxylation is 2. The van der Waals surface area contributed by atoms with E-state index >= 15 is 0 Å². The standard InChI is InChI=1S/C28H25N5O3/c1-16-11-17(2)26-21(15-30-22(26)12-16)18(3)32-23-10-9-20(14-29)31-27(23)33(28(32)36)24(13-25(34)35)19-7-5-4-6-8-19/h4-12,15,18,24,30H,13H2,1-3H3,(H,34,35). The number of carboxylic acid groups (broad SMARTS) is 1. The Bertz CT molecular complexity index is 1720. The topological polar surface area (TPSA) is 117 Å². The number of aromatic nitrogens is 4. The summed E-state index contributed by atoms with van der Waals surface area (Å²) < 4.78 is 3.06. The van der Waals surface area contributed by atoms with Gasteiger partial charge in [-0.3, -0.25) is 13.9 Å². The van der Waals surface area contributed by atoms with E-state index in [1.165, 1.54) is 4.57 Å². The van der Waals surface area contributed by atoms with E-state index in [4.69, 9.17) is 0 Å². The van der Waals surface area contributed by atoms with Crippen LogP contribution in [-0.4, -0.2) is 30.2 Å². The molecule has 3 aromatic heterocycles. The van der Waals surface area contributed by atoms with Crippen molar-refractivity contribution < 1.29 is 9.90 Å². The van der Waals surface area contributed by atoms with E-state index in [2.05, 4.69) is 22.1 Å². The summed E-state index contributed by atoms with van der Waals surface area (Å²) >= 11 is 0. The van der Waals surface area contributed by atoms with Crippen LogP contribution >= 0.6 is 0 Å². The Kier molecular flexibility index (Phi) is 5.69. The van der Waals surface area contributed by atoms with Gasteiger partial charge in [0.2, 0.25) is 0 Å². The van der Waals surface area contributed by atoms with Crippen LogP contribution in [0.5, 0.6) is 0 Å². The first kappa shape index (κ1) is 23.1. The molecule has 0 amide bonds. The van der Waals surface area contributed by atoms with Crippen molar-refractivity contribution in [2.45, 2.75) is 39.3 Å². The number of aliphatic carboxylic acids is 1. The number of hydrogen-bond acceptors (Lipinski definition) is 4. The molecule has 0 fully saturated rings. The fourth-order valence-electron chi connectivity index (χ4n) is 5.19. The molecule has 0 aliphatic carbocycles. The number of fused-ring (bicyclic) bond motifs is 2. The molecule has 8 nitrogen and oxygen atoms in total. The van der Waals surface area contributed by atoms with Gasteiger partial charge >= 0.3 is 11.7 Å². The number of aromatic amines is 1. The van der Waals surface area contributed by atoms with Crippen LogP contribution in [0.1, 0.15) is 53.4 Å². The van der Waals surface area contributed by atoms with Gasteiger partial charge in [-0.1, -0.05) is 36.4 Å². The first-order valence-corrected chi connectivity index (χ1v) is 11.7. The zero-order valence-corrected chi connectivity index (χ0v) is 20.2. The summed E-state index contributed by atoms with van der Waals surface area (Å²) in [7, 11) is 0. The number of nitriles is 1. The van der Waals surface area contributed by atoms with Gasteiger partial charge in [0.15, 0.2) is 5.65 Å². The molecule has 0 aliphatic heterocycles. The molecule has 0 saturated carbocycles. The molecule has 5 rings (SSSR count). The van der Waals surface area contributed by atoms with Crippen molar-refractivity contribution in [1.82, 2.24) is 19.1 Å². The molecule has 0 spiro atoms. The summed E-state index contributed by atoms with van der Waals surface area (Å²) in [5.41, 5.74) is 5.45. The highest BCUT2D eigenvalue weighted by molar-refractivity contribution is 5.88. The van der Waals surface area contributed by atoms with Gasteiger partial charge in [0.25, 0.3) is 0 Å².